The van der Waals surface area contributed by atoms with Crippen molar-refractivity contribution >= 4 is 11.9 Å². The monoisotopic (exact) mass is 277 g/mol. The number of hydrogen-bond donors (Lipinski definition) is 2. The molecular weight excluding hydrogens is 254 g/mol. The highest BCUT2D eigenvalue weighted by molar-refractivity contribution is 5.84. The second-order valence-corrected chi connectivity index (χ2v) is 5.35. The van der Waals surface area contributed by atoms with Gasteiger partial charge in [-0.05, 0) is 25.3 Å². The van der Waals surface area contributed by atoms with Crippen molar-refractivity contribution in [1.29, 1.82) is 0 Å². The molecule has 2 atom stereocenters. The molecule has 0 saturated carbocycles. The zero-order chi connectivity index (χ0) is 15.2. The lowest BCUT2D eigenvalue weighted by Crippen LogP contribution is -2.48. The van der Waals surface area contributed by atoms with Gasteiger partial charge in [0.15, 0.2) is 0 Å². The molecule has 1 aromatic rings. The Morgan fingerprint density at radius 3 is 2.30 bits per heavy atom. The fraction of sp³-hybridized carbons (Fsp3) is 0.500. The molecule has 4 heteroatoms. The lowest BCUT2D eigenvalue weighted by molar-refractivity contribution is -0.139. The predicted octanol–water partition coefficient (Wildman–Crippen LogP) is 2.94. The van der Waals surface area contributed by atoms with Crippen LogP contribution in [-0.4, -0.2) is 22.5 Å². The minimum Gasteiger partial charge on any atom is -0.481 e. The first-order valence-electron chi connectivity index (χ1n) is 7.00. The van der Waals surface area contributed by atoms with Crippen molar-refractivity contribution in [1.82, 2.24) is 5.32 Å². The van der Waals surface area contributed by atoms with Crippen molar-refractivity contribution in [2.24, 2.45) is 0 Å². The Balaban J connectivity index is 2.84. The first-order valence-corrected chi connectivity index (χ1v) is 7.00. The topological polar surface area (TPSA) is 66.4 Å². The summed E-state index contributed by atoms with van der Waals surface area (Å²) in [7, 11) is 0. The standard InChI is InChI=1S/C16H23NO3/c1-4-13(12-9-7-6-8-10-12)15(20)17-16(3,5-2)11-14(18)19/h6-10,13H,4-5,11H2,1-3H3,(H,17,20)(H,18,19). The number of rotatable bonds is 7. The van der Waals surface area contributed by atoms with E-state index >= 15 is 0 Å². The molecule has 1 aromatic carbocycles. The van der Waals surface area contributed by atoms with E-state index in [2.05, 4.69) is 5.32 Å². The van der Waals surface area contributed by atoms with Gasteiger partial charge in [0.2, 0.25) is 5.91 Å². The number of carboxylic acid groups (broad SMARTS) is 1. The molecule has 0 aliphatic rings. The van der Waals surface area contributed by atoms with E-state index in [4.69, 9.17) is 5.11 Å². The molecule has 110 valence electrons. The number of amides is 1. The Hall–Kier alpha value is -1.84. The summed E-state index contributed by atoms with van der Waals surface area (Å²) in [5, 5.41) is 11.9. The van der Waals surface area contributed by atoms with E-state index in [1.807, 2.05) is 44.2 Å². The molecule has 0 aliphatic carbocycles. The summed E-state index contributed by atoms with van der Waals surface area (Å²) in [6.45, 7) is 5.61. The molecule has 20 heavy (non-hydrogen) atoms. The van der Waals surface area contributed by atoms with Crippen LogP contribution in [0, 0.1) is 0 Å². The van der Waals surface area contributed by atoms with Crippen LogP contribution in [0.1, 0.15) is 51.5 Å². The summed E-state index contributed by atoms with van der Waals surface area (Å²) in [6.07, 6.45) is 1.19. The molecule has 0 fully saturated rings. The quantitative estimate of drug-likeness (QED) is 0.805. The molecule has 0 saturated heterocycles. The number of nitrogens with one attached hydrogen (secondary N) is 1. The van der Waals surface area contributed by atoms with Gasteiger partial charge in [-0.15, -0.1) is 0 Å². The van der Waals surface area contributed by atoms with E-state index in [-0.39, 0.29) is 18.2 Å². The first kappa shape index (κ1) is 16.2. The van der Waals surface area contributed by atoms with Crippen LogP contribution in [0.4, 0.5) is 0 Å². The molecule has 2 N–H and O–H groups in total. The molecule has 0 aliphatic heterocycles. The van der Waals surface area contributed by atoms with E-state index in [9.17, 15) is 9.59 Å². The van der Waals surface area contributed by atoms with Gasteiger partial charge in [0.25, 0.3) is 0 Å². The Kier molecular flexibility index (Phi) is 5.74. The van der Waals surface area contributed by atoms with E-state index in [1.165, 1.54) is 0 Å². The Morgan fingerprint density at radius 1 is 1.25 bits per heavy atom. The van der Waals surface area contributed by atoms with Crippen LogP contribution in [-0.2, 0) is 9.59 Å². The Morgan fingerprint density at radius 2 is 1.85 bits per heavy atom. The van der Waals surface area contributed by atoms with Crippen LogP contribution < -0.4 is 5.32 Å². The molecule has 0 bridgehead atoms. The summed E-state index contributed by atoms with van der Waals surface area (Å²) in [4.78, 5) is 23.3. The Bertz CT molecular complexity index is 458. The molecule has 4 nitrogen and oxygen atoms in total. The van der Waals surface area contributed by atoms with Gasteiger partial charge in [-0.2, -0.15) is 0 Å². The molecule has 0 spiro atoms. The Labute approximate surface area is 120 Å². The van der Waals surface area contributed by atoms with Crippen LogP contribution in [0.25, 0.3) is 0 Å². The van der Waals surface area contributed by atoms with Crippen molar-refractivity contribution in [3.05, 3.63) is 35.9 Å². The van der Waals surface area contributed by atoms with Gasteiger partial charge < -0.3 is 10.4 Å². The zero-order valence-corrected chi connectivity index (χ0v) is 12.3. The number of aliphatic carboxylic acids is 1. The minimum absolute atomic E-state index is 0.0690. The maximum absolute atomic E-state index is 12.4. The number of hydrogen-bond acceptors (Lipinski definition) is 2. The summed E-state index contributed by atoms with van der Waals surface area (Å²) in [5.41, 5.74) is 0.256. The van der Waals surface area contributed by atoms with Crippen LogP contribution in [0.2, 0.25) is 0 Å². The summed E-state index contributed by atoms with van der Waals surface area (Å²) < 4.78 is 0. The third kappa shape index (κ3) is 4.37. The normalized spacial score (nSPS) is 15.2. The molecule has 2 unspecified atom stereocenters. The SMILES string of the molecule is CCC(C(=O)NC(C)(CC)CC(=O)O)c1ccccc1. The van der Waals surface area contributed by atoms with Crippen molar-refractivity contribution in [3.63, 3.8) is 0 Å². The van der Waals surface area contributed by atoms with Crippen molar-refractivity contribution in [2.45, 2.75) is 51.5 Å². The predicted molar refractivity (Wildman–Crippen MR) is 78.6 cm³/mol. The van der Waals surface area contributed by atoms with Crippen LogP contribution in [0.5, 0.6) is 0 Å². The fourth-order valence-corrected chi connectivity index (χ4v) is 2.23. The minimum atomic E-state index is -0.901. The maximum Gasteiger partial charge on any atom is 0.305 e. The van der Waals surface area contributed by atoms with Crippen molar-refractivity contribution in [2.75, 3.05) is 0 Å². The van der Waals surface area contributed by atoms with E-state index in [0.717, 1.165) is 5.56 Å². The second kappa shape index (κ2) is 7.08. The van der Waals surface area contributed by atoms with Crippen molar-refractivity contribution in [3.8, 4) is 0 Å². The number of carbonyl (C=O) groups is 2. The zero-order valence-electron chi connectivity index (χ0n) is 12.3. The van der Waals surface area contributed by atoms with Gasteiger partial charge in [-0.3, -0.25) is 9.59 Å². The summed E-state index contributed by atoms with van der Waals surface area (Å²) in [6, 6.07) is 9.57. The summed E-state index contributed by atoms with van der Waals surface area (Å²) in [5.74, 6) is -1.25. The highest BCUT2D eigenvalue weighted by atomic mass is 16.4. The molecule has 0 aromatic heterocycles. The van der Waals surface area contributed by atoms with E-state index in [1.54, 1.807) is 6.92 Å². The number of benzene rings is 1. The summed E-state index contributed by atoms with van der Waals surface area (Å²) >= 11 is 0. The van der Waals surface area contributed by atoms with Gasteiger partial charge in [-0.25, -0.2) is 0 Å². The molecular formula is C16H23NO3. The van der Waals surface area contributed by atoms with E-state index in [0.29, 0.717) is 12.8 Å². The average molecular weight is 277 g/mol. The molecule has 1 rings (SSSR count). The highest BCUT2D eigenvalue weighted by Crippen LogP contribution is 2.22. The maximum atomic E-state index is 12.4. The number of carbonyl (C=O) groups excluding carboxylic acids is 1. The third-order valence-corrected chi connectivity index (χ3v) is 3.67. The van der Waals surface area contributed by atoms with Gasteiger partial charge in [-0.1, -0.05) is 44.2 Å². The van der Waals surface area contributed by atoms with E-state index < -0.39 is 11.5 Å². The largest absolute Gasteiger partial charge is 0.481 e. The highest BCUT2D eigenvalue weighted by Gasteiger charge is 2.30. The third-order valence-electron chi connectivity index (χ3n) is 3.67. The van der Waals surface area contributed by atoms with Crippen LogP contribution in [0.15, 0.2) is 30.3 Å². The second-order valence-electron chi connectivity index (χ2n) is 5.35. The van der Waals surface area contributed by atoms with Crippen molar-refractivity contribution < 1.29 is 14.7 Å². The number of carboxylic acids is 1. The molecule has 1 amide bonds. The van der Waals surface area contributed by atoms with Gasteiger partial charge in [0, 0.05) is 5.54 Å². The van der Waals surface area contributed by atoms with Crippen LogP contribution >= 0.6 is 0 Å². The average Bonchev–Trinajstić information content (AvgIpc) is 2.39. The lowest BCUT2D eigenvalue weighted by Gasteiger charge is -2.30. The fourth-order valence-electron chi connectivity index (χ4n) is 2.23. The lowest BCUT2D eigenvalue weighted by atomic mass is 9.90. The molecule has 0 radical (unpaired) electrons. The van der Waals surface area contributed by atoms with Gasteiger partial charge in [0.1, 0.15) is 0 Å². The van der Waals surface area contributed by atoms with Crippen LogP contribution in [0.3, 0.4) is 0 Å². The molecule has 0 heterocycles. The van der Waals surface area contributed by atoms with Gasteiger partial charge >= 0.3 is 5.97 Å². The van der Waals surface area contributed by atoms with Gasteiger partial charge in [0.05, 0.1) is 12.3 Å². The first-order chi connectivity index (χ1) is 9.41. The smallest absolute Gasteiger partial charge is 0.305 e.